The predicted octanol–water partition coefficient (Wildman–Crippen LogP) is 4.99. The van der Waals surface area contributed by atoms with Crippen molar-refractivity contribution in [3.05, 3.63) is 112 Å². The molecular weight excluding hydrogens is 494 g/mol. The molecule has 0 radical (unpaired) electrons. The van der Waals surface area contributed by atoms with Gasteiger partial charge in [-0.2, -0.15) is 9.78 Å². The first kappa shape index (κ1) is 24.7. The molecule has 5 aromatic rings. The van der Waals surface area contributed by atoms with E-state index in [1.807, 2.05) is 0 Å². The summed E-state index contributed by atoms with van der Waals surface area (Å²) in [6, 6.07) is 12.6. The van der Waals surface area contributed by atoms with Crippen LogP contribution in [-0.2, 0) is 6.42 Å². The Kier molecular flexibility index (Phi) is 6.61. The summed E-state index contributed by atoms with van der Waals surface area (Å²) in [5, 5.41) is 4.02. The highest BCUT2D eigenvalue weighted by molar-refractivity contribution is 5.97. The van der Waals surface area contributed by atoms with E-state index in [1.54, 1.807) is 25.1 Å². The number of rotatable bonds is 7. The molecular formula is C28H20F2N4O4. The van der Waals surface area contributed by atoms with Gasteiger partial charge in [-0.25, -0.2) is 13.8 Å². The number of benzene rings is 2. The summed E-state index contributed by atoms with van der Waals surface area (Å²) in [4.78, 5) is 34.5. The molecule has 0 atom stereocenters. The molecule has 0 saturated heterocycles. The van der Waals surface area contributed by atoms with Crippen molar-refractivity contribution in [1.29, 1.82) is 0 Å². The zero-order valence-electron chi connectivity index (χ0n) is 20.3. The third-order valence-electron chi connectivity index (χ3n) is 5.87. The molecule has 0 spiro atoms. The second kappa shape index (κ2) is 10.2. The van der Waals surface area contributed by atoms with E-state index in [2.05, 4.69) is 15.1 Å². The van der Waals surface area contributed by atoms with Gasteiger partial charge in [0.25, 0.3) is 5.56 Å². The molecule has 0 bridgehead atoms. The molecule has 0 saturated carbocycles. The van der Waals surface area contributed by atoms with Crippen LogP contribution in [-0.4, -0.2) is 32.6 Å². The summed E-state index contributed by atoms with van der Waals surface area (Å²) in [6.45, 7) is 1.63. The van der Waals surface area contributed by atoms with Gasteiger partial charge in [0.2, 0.25) is 0 Å². The Morgan fingerprint density at radius 1 is 0.974 bits per heavy atom. The molecule has 0 fully saturated rings. The SMILES string of the molecule is COc1cnc2c(Oc3ccc(CC(=O)c4ccnn(-c5ccc(F)cc5C)c4=O)cc3F)ccnc2c1. The van der Waals surface area contributed by atoms with E-state index in [1.165, 1.54) is 62.1 Å². The number of methoxy groups -OCH3 is 1. The van der Waals surface area contributed by atoms with Gasteiger partial charge in [-0.3, -0.25) is 14.6 Å². The quantitative estimate of drug-likeness (QED) is 0.282. The number of nitrogens with zero attached hydrogens (tertiary/aromatic N) is 4. The Bertz CT molecular complexity index is 1750. The molecule has 0 aliphatic rings. The van der Waals surface area contributed by atoms with Crippen molar-refractivity contribution in [2.24, 2.45) is 0 Å². The van der Waals surface area contributed by atoms with Gasteiger partial charge >= 0.3 is 0 Å². The van der Waals surface area contributed by atoms with Crippen molar-refractivity contribution < 1.29 is 23.0 Å². The average Bonchev–Trinajstić information content (AvgIpc) is 2.90. The highest BCUT2D eigenvalue weighted by atomic mass is 19.1. The van der Waals surface area contributed by atoms with Gasteiger partial charge in [0.1, 0.15) is 17.1 Å². The third-order valence-corrected chi connectivity index (χ3v) is 5.87. The van der Waals surface area contributed by atoms with Gasteiger partial charge in [0.05, 0.1) is 30.1 Å². The molecule has 38 heavy (non-hydrogen) atoms. The lowest BCUT2D eigenvalue weighted by Gasteiger charge is -2.11. The highest BCUT2D eigenvalue weighted by Gasteiger charge is 2.17. The number of fused-ring (bicyclic) bond motifs is 1. The maximum absolute atomic E-state index is 15.0. The molecule has 10 heteroatoms. The Hall–Kier alpha value is -4.99. The zero-order valence-corrected chi connectivity index (χ0v) is 20.3. The summed E-state index contributed by atoms with van der Waals surface area (Å²) in [5.74, 6) is -0.899. The molecule has 5 rings (SSSR count). The number of aromatic nitrogens is 4. The number of ketones is 1. The number of hydrogen-bond donors (Lipinski definition) is 0. The smallest absolute Gasteiger partial charge is 0.282 e. The van der Waals surface area contributed by atoms with Crippen LogP contribution in [0.25, 0.3) is 16.7 Å². The first-order chi connectivity index (χ1) is 18.3. The van der Waals surface area contributed by atoms with Crippen LogP contribution in [0.1, 0.15) is 21.5 Å². The monoisotopic (exact) mass is 514 g/mol. The van der Waals surface area contributed by atoms with Crippen molar-refractivity contribution in [2.75, 3.05) is 7.11 Å². The second-order valence-electron chi connectivity index (χ2n) is 8.41. The normalized spacial score (nSPS) is 10.9. The van der Waals surface area contributed by atoms with Gasteiger partial charge in [-0.05, 0) is 54.4 Å². The first-order valence-electron chi connectivity index (χ1n) is 11.5. The van der Waals surface area contributed by atoms with Crippen LogP contribution < -0.4 is 15.0 Å². The van der Waals surface area contributed by atoms with Crippen LogP contribution >= 0.6 is 0 Å². The molecule has 3 aromatic heterocycles. The topological polar surface area (TPSA) is 96.2 Å². The molecule has 0 amide bonds. The minimum atomic E-state index is -0.692. The van der Waals surface area contributed by atoms with E-state index in [4.69, 9.17) is 9.47 Å². The van der Waals surface area contributed by atoms with Crippen LogP contribution in [0.15, 0.2) is 78.0 Å². The largest absolute Gasteiger partial charge is 0.495 e. The summed E-state index contributed by atoms with van der Waals surface area (Å²) in [6.07, 6.45) is 4.11. The van der Waals surface area contributed by atoms with Crippen LogP contribution in [0.5, 0.6) is 17.2 Å². The van der Waals surface area contributed by atoms with E-state index in [0.717, 1.165) is 4.68 Å². The van der Waals surface area contributed by atoms with E-state index >= 15 is 0 Å². The van der Waals surface area contributed by atoms with Crippen LogP contribution in [0, 0.1) is 18.6 Å². The molecule has 0 unspecified atom stereocenters. The highest BCUT2D eigenvalue weighted by Crippen LogP contribution is 2.31. The molecule has 2 aromatic carbocycles. The number of aryl methyl sites for hydroxylation is 1. The van der Waals surface area contributed by atoms with E-state index < -0.39 is 23.0 Å². The third kappa shape index (κ3) is 4.83. The standard InChI is InChI=1S/C28H20F2N4O4/c1-16-11-18(29)4-5-23(16)34-28(36)20(7-10-33-34)24(35)13-17-3-6-25(21(30)12-17)38-26-8-9-31-22-14-19(37-2)15-32-27(22)26/h3-12,14-15H,13H2,1-2H3. The number of pyridine rings is 2. The van der Waals surface area contributed by atoms with E-state index in [9.17, 15) is 18.4 Å². The molecule has 0 aliphatic carbocycles. The summed E-state index contributed by atoms with van der Waals surface area (Å²) < 4.78 is 40.4. The summed E-state index contributed by atoms with van der Waals surface area (Å²) >= 11 is 0. The number of Topliss-reactive ketones (excluding diaryl/α,β-unsaturated/α-hetero) is 1. The fourth-order valence-corrected chi connectivity index (χ4v) is 3.97. The molecule has 0 aliphatic heterocycles. The van der Waals surface area contributed by atoms with Gasteiger partial charge in [0.15, 0.2) is 23.1 Å². The van der Waals surface area contributed by atoms with Crippen molar-refractivity contribution in [1.82, 2.24) is 19.7 Å². The van der Waals surface area contributed by atoms with Gasteiger partial charge in [0, 0.05) is 30.9 Å². The predicted molar refractivity (Wildman–Crippen MR) is 135 cm³/mol. The maximum Gasteiger partial charge on any atom is 0.282 e. The second-order valence-corrected chi connectivity index (χ2v) is 8.41. The van der Waals surface area contributed by atoms with Crippen LogP contribution in [0.2, 0.25) is 0 Å². The number of hydrogen-bond acceptors (Lipinski definition) is 7. The lowest BCUT2D eigenvalue weighted by molar-refractivity contribution is 0.0991. The summed E-state index contributed by atoms with van der Waals surface area (Å²) in [5.41, 5.74) is 1.37. The Morgan fingerprint density at radius 2 is 1.82 bits per heavy atom. The lowest BCUT2D eigenvalue weighted by Crippen LogP contribution is -2.28. The Balaban J connectivity index is 1.37. The van der Waals surface area contributed by atoms with Crippen LogP contribution in [0.3, 0.4) is 0 Å². The Morgan fingerprint density at radius 3 is 2.58 bits per heavy atom. The molecule has 8 nitrogen and oxygen atoms in total. The lowest BCUT2D eigenvalue weighted by atomic mass is 10.0. The minimum Gasteiger partial charge on any atom is -0.495 e. The number of halogens is 2. The first-order valence-corrected chi connectivity index (χ1v) is 11.5. The van der Waals surface area contributed by atoms with Crippen molar-refractivity contribution in [3.8, 4) is 22.9 Å². The van der Waals surface area contributed by atoms with E-state index in [-0.39, 0.29) is 17.7 Å². The molecule has 190 valence electrons. The number of ether oxygens (including phenoxy) is 2. The van der Waals surface area contributed by atoms with Crippen molar-refractivity contribution in [3.63, 3.8) is 0 Å². The molecule has 0 N–H and O–H groups in total. The Labute approximate surface area is 215 Å². The van der Waals surface area contributed by atoms with Gasteiger partial charge in [-0.15, -0.1) is 0 Å². The maximum atomic E-state index is 15.0. The van der Waals surface area contributed by atoms with Crippen molar-refractivity contribution in [2.45, 2.75) is 13.3 Å². The summed E-state index contributed by atoms with van der Waals surface area (Å²) in [7, 11) is 1.52. The fourth-order valence-electron chi connectivity index (χ4n) is 3.97. The fraction of sp³-hybridized carbons (Fsp3) is 0.107. The molecule has 3 heterocycles. The number of carbonyl (C=O) groups is 1. The number of carbonyl (C=O) groups excluding carboxylic acids is 1. The zero-order chi connectivity index (χ0) is 26.8. The van der Waals surface area contributed by atoms with Crippen LogP contribution in [0.4, 0.5) is 8.78 Å². The van der Waals surface area contributed by atoms with E-state index in [0.29, 0.717) is 39.3 Å². The van der Waals surface area contributed by atoms with Crippen molar-refractivity contribution >= 4 is 16.8 Å². The van der Waals surface area contributed by atoms with Gasteiger partial charge in [-0.1, -0.05) is 6.07 Å². The van der Waals surface area contributed by atoms with Gasteiger partial charge < -0.3 is 9.47 Å². The minimum absolute atomic E-state index is 0.0654. The average molecular weight is 514 g/mol.